The standard InChI is InChI=1S/C16H20N2OS/c19-15(13-9-20-11-17-13)18-10-16(7-3-4-8-16)12-5-1-2-6-14(12)18/h1-2,5-6,13,17H,3-4,7-11H2. The number of carbonyl (C=O) groups is 1. The summed E-state index contributed by atoms with van der Waals surface area (Å²) in [7, 11) is 0. The van der Waals surface area contributed by atoms with Crippen LogP contribution >= 0.6 is 11.8 Å². The van der Waals surface area contributed by atoms with E-state index in [9.17, 15) is 4.79 Å². The smallest absolute Gasteiger partial charge is 0.245 e. The lowest BCUT2D eigenvalue weighted by Crippen LogP contribution is -2.46. The van der Waals surface area contributed by atoms with Crippen molar-refractivity contribution in [3.8, 4) is 0 Å². The van der Waals surface area contributed by atoms with Crippen molar-refractivity contribution in [1.82, 2.24) is 5.32 Å². The quantitative estimate of drug-likeness (QED) is 0.862. The molecule has 1 saturated heterocycles. The lowest BCUT2D eigenvalue weighted by molar-refractivity contribution is -0.119. The molecule has 1 N–H and O–H groups in total. The van der Waals surface area contributed by atoms with Crippen molar-refractivity contribution in [3.63, 3.8) is 0 Å². The highest BCUT2D eigenvalue weighted by atomic mass is 32.2. The molecule has 1 aliphatic carbocycles. The number of hydrogen-bond acceptors (Lipinski definition) is 3. The normalized spacial score (nSPS) is 27.2. The Morgan fingerprint density at radius 1 is 1.30 bits per heavy atom. The second-order valence-electron chi connectivity index (χ2n) is 6.20. The average molecular weight is 288 g/mol. The highest BCUT2D eigenvalue weighted by Crippen LogP contribution is 2.50. The fourth-order valence-corrected chi connectivity index (χ4v) is 4.98. The molecule has 20 heavy (non-hydrogen) atoms. The number of rotatable bonds is 1. The van der Waals surface area contributed by atoms with Crippen LogP contribution in [0.2, 0.25) is 0 Å². The molecule has 1 atom stereocenters. The summed E-state index contributed by atoms with van der Waals surface area (Å²) in [5, 5.41) is 3.31. The number of benzene rings is 1. The number of para-hydroxylation sites is 1. The van der Waals surface area contributed by atoms with Crippen molar-refractivity contribution in [1.29, 1.82) is 0 Å². The minimum Gasteiger partial charge on any atom is -0.310 e. The van der Waals surface area contributed by atoms with Crippen LogP contribution in [0.4, 0.5) is 5.69 Å². The molecule has 0 aromatic heterocycles. The number of thioether (sulfide) groups is 1. The fraction of sp³-hybridized carbons (Fsp3) is 0.562. The van der Waals surface area contributed by atoms with E-state index in [1.807, 2.05) is 11.8 Å². The third-order valence-corrected chi connectivity index (χ3v) is 6.01. The summed E-state index contributed by atoms with van der Waals surface area (Å²) in [6.07, 6.45) is 5.07. The zero-order valence-corrected chi connectivity index (χ0v) is 12.4. The van der Waals surface area contributed by atoms with Gasteiger partial charge in [0.25, 0.3) is 0 Å². The molecular formula is C16H20N2OS. The van der Waals surface area contributed by atoms with E-state index in [-0.39, 0.29) is 17.4 Å². The first-order valence-corrected chi connectivity index (χ1v) is 8.68. The van der Waals surface area contributed by atoms with E-state index >= 15 is 0 Å². The molecule has 106 valence electrons. The van der Waals surface area contributed by atoms with Crippen LogP contribution in [0, 0.1) is 0 Å². The topological polar surface area (TPSA) is 32.3 Å². The van der Waals surface area contributed by atoms with E-state index < -0.39 is 0 Å². The molecule has 3 nitrogen and oxygen atoms in total. The second-order valence-corrected chi connectivity index (χ2v) is 7.23. The molecule has 1 aromatic carbocycles. The maximum atomic E-state index is 12.8. The number of anilines is 1. The molecule has 4 heteroatoms. The van der Waals surface area contributed by atoms with Crippen LogP contribution in [-0.4, -0.2) is 30.1 Å². The molecule has 1 aromatic rings. The number of nitrogens with zero attached hydrogens (tertiary/aromatic N) is 1. The Hall–Kier alpha value is -1.00. The summed E-state index contributed by atoms with van der Waals surface area (Å²) >= 11 is 1.82. The Kier molecular flexibility index (Phi) is 3.04. The maximum Gasteiger partial charge on any atom is 0.245 e. The van der Waals surface area contributed by atoms with Crippen LogP contribution in [0.1, 0.15) is 31.2 Å². The minimum atomic E-state index is 0.00427. The number of nitrogens with one attached hydrogen (secondary N) is 1. The van der Waals surface area contributed by atoms with Gasteiger partial charge in [-0.15, -0.1) is 11.8 Å². The molecule has 4 rings (SSSR count). The van der Waals surface area contributed by atoms with Crippen LogP contribution in [0.25, 0.3) is 0 Å². The third-order valence-electron chi connectivity index (χ3n) is 5.07. The first kappa shape index (κ1) is 12.7. The zero-order valence-electron chi connectivity index (χ0n) is 11.6. The van der Waals surface area contributed by atoms with Gasteiger partial charge < -0.3 is 4.90 Å². The van der Waals surface area contributed by atoms with Gasteiger partial charge in [-0.3, -0.25) is 10.1 Å². The van der Waals surface area contributed by atoms with E-state index in [1.54, 1.807) is 0 Å². The monoisotopic (exact) mass is 288 g/mol. The van der Waals surface area contributed by atoms with Crippen LogP contribution < -0.4 is 10.2 Å². The van der Waals surface area contributed by atoms with Gasteiger partial charge in [-0.1, -0.05) is 31.0 Å². The summed E-state index contributed by atoms with van der Waals surface area (Å²) in [4.78, 5) is 14.9. The Morgan fingerprint density at radius 3 is 2.85 bits per heavy atom. The van der Waals surface area contributed by atoms with Crippen molar-refractivity contribution < 1.29 is 4.79 Å². The lowest BCUT2D eigenvalue weighted by atomic mass is 9.81. The molecule has 2 aliphatic heterocycles. The molecule has 0 bridgehead atoms. The van der Waals surface area contributed by atoms with Gasteiger partial charge in [-0.05, 0) is 24.5 Å². The summed E-state index contributed by atoms with van der Waals surface area (Å²) < 4.78 is 0. The van der Waals surface area contributed by atoms with Crippen LogP contribution in [0.15, 0.2) is 24.3 Å². The molecular weight excluding hydrogens is 268 g/mol. The molecule has 3 aliphatic rings. The van der Waals surface area contributed by atoms with Gasteiger partial charge in [0.15, 0.2) is 0 Å². The van der Waals surface area contributed by atoms with Gasteiger partial charge >= 0.3 is 0 Å². The van der Waals surface area contributed by atoms with Crippen molar-refractivity contribution in [3.05, 3.63) is 29.8 Å². The highest BCUT2D eigenvalue weighted by Gasteiger charge is 2.47. The van der Waals surface area contributed by atoms with Gasteiger partial charge in [0, 0.05) is 29.3 Å². The Labute approximate surface area is 124 Å². The summed E-state index contributed by atoms with van der Waals surface area (Å²) in [6.45, 7) is 0.897. The van der Waals surface area contributed by atoms with Crippen molar-refractivity contribution in [2.75, 3.05) is 23.1 Å². The van der Waals surface area contributed by atoms with Crippen LogP contribution in [0.3, 0.4) is 0 Å². The number of hydrogen-bond donors (Lipinski definition) is 1. The molecule has 1 spiro atoms. The molecule has 1 unspecified atom stereocenters. The highest BCUT2D eigenvalue weighted by molar-refractivity contribution is 7.99. The van der Waals surface area contributed by atoms with Crippen molar-refractivity contribution in [2.24, 2.45) is 0 Å². The van der Waals surface area contributed by atoms with Crippen molar-refractivity contribution in [2.45, 2.75) is 37.1 Å². The van der Waals surface area contributed by atoms with E-state index in [0.717, 1.165) is 23.9 Å². The first-order chi connectivity index (χ1) is 9.80. The minimum absolute atomic E-state index is 0.00427. The second kappa shape index (κ2) is 4.78. The molecule has 0 radical (unpaired) electrons. The maximum absolute atomic E-state index is 12.8. The van der Waals surface area contributed by atoms with Gasteiger partial charge in [0.2, 0.25) is 5.91 Å². The molecule has 2 heterocycles. The number of carbonyl (C=O) groups excluding carboxylic acids is 1. The average Bonchev–Trinajstić information content (AvgIpc) is 3.21. The SMILES string of the molecule is O=C(C1CSCN1)N1CC2(CCCC2)c2ccccc21. The molecule has 2 fully saturated rings. The van der Waals surface area contributed by atoms with Gasteiger partial charge in [-0.2, -0.15) is 0 Å². The van der Waals surface area contributed by atoms with Crippen molar-refractivity contribution >= 4 is 23.4 Å². The summed E-state index contributed by atoms with van der Waals surface area (Å²) in [5.74, 6) is 2.08. The summed E-state index contributed by atoms with van der Waals surface area (Å²) in [6, 6.07) is 8.55. The third kappa shape index (κ3) is 1.81. The van der Waals surface area contributed by atoms with E-state index in [1.165, 1.54) is 31.2 Å². The number of fused-ring (bicyclic) bond motifs is 2. The summed E-state index contributed by atoms with van der Waals surface area (Å²) in [5.41, 5.74) is 2.83. The largest absolute Gasteiger partial charge is 0.310 e. The van der Waals surface area contributed by atoms with Gasteiger partial charge in [-0.25, -0.2) is 0 Å². The fourth-order valence-electron chi connectivity index (χ4n) is 4.05. The van der Waals surface area contributed by atoms with Gasteiger partial charge in [0.1, 0.15) is 0 Å². The van der Waals surface area contributed by atoms with E-state index in [2.05, 4.69) is 34.5 Å². The molecule has 1 saturated carbocycles. The Morgan fingerprint density at radius 2 is 2.10 bits per heavy atom. The molecule has 1 amide bonds. The number of amides is 1. The predicted octanol–water partition coefficient (Wildman–Crippen LogP) is 2.51. The van der Waals surface area contributed by atoms with Crippen LogP contribution in [-0.2, 0) is 10.2 Å². The Balaban J connectivity index is 1.70. The Bertz CT molecular complexity index is 533. The first-order valence-electron chi connectivity index (χ1n) is 7.52. The van der Waals surface area contributed by atoms with Gasteiger partial charge in [0.05, 0.1) is 6.04 Å². The van der Waals surface area contributed by atoms with Crippen LogP contribution in [0.5, 0.6) is 0 Å². The van der Waals surface area contributed by atoms with E-state index in [0.29, 0.717) is 0 Å². The van der Waals surface area contributed by atoms with E-state index in [4.69, 9.17) is 0 Å². The lowest BCUT2D eigenvalue weighted by Gasteiger charge is -2.26. The predicted molar refractivity (Wildman–Crippen MR) is 83.2 cm³/mol. The zero-order chi connectivity index (χ0) is 13.6.